The predicted octanol–water partition coefficient (Wildman–Crippen LogP) is 5.74. The molecule has 0 bridgehead atoms. The highest BCUT2D eigenvalue weighted by Crippen LogP contribution is 2.24. The Hall–Kier alpha value is -2.89. The van der Waals surface area contributed by atoms with E-state index in [1.165, 1.54) is 6.08 Å². The van der Waals surface area contributed by atoms with Crippen molar-refractivity contribution < 1.29 is 9.21 Å². The fourth-order valence-corrected chi connectivity index (χ4v) is 2.97. The zero-order valence-corrected chi connectivity index (χ0v) is 17.0. The number of hydrogen-bond acceptors (Lipinski definition) is 3. The zero-order chi connectivity index (χ0) is 20.1. The Balaban J connectivity index is 1.57. The number of thiocarbonyl (C=S) groups is 1. The van der Waals surface area contributed by atoms with Gasteiger partial charge in [-0.2, -0.15) is 0 Å². The fraction of sp³-hybridized carbons (Fsp3) is 0.0909. The van der Waals surface area contributed by atoms with Crippen molar-refractivity contribution in [3.05, 3.63) is 82.6 Å². The number of rotatable bonds is 4. The second-order valence-electron chi connectivity index (χ2n) is 6.30. The highest BCUT2D eigenvalue weighted by atomic mass is 35.5. The van der Waals surface area contributed by atoms with Crippen LogP contribution in [-0.4, -0.2) is 11.0 Å². The van der Waals surface area contributed by atoms with Crippen LogP contribution in [0.2, 0.25) is 5.02 Å². The summed E-state index contributed by atoms with van der Waals surface area (Å²) in [5.74, 6) is 0.920. The fourth-order valence-electron chi connectivity index (χ4n) is 2.63. The molecule has 0 unspecified atom stereocenters. The van der Waals surface area contributed by atoms with Crippen LogP contribution in [0.3, 0.4) is 0 Å². The lowest BCUT2D eigenvalue weighted by molar-refractivity contribution is -0.115. The first-order valence-corrected chi connectivity index (χ1v) is 9.42. The van der Waals surface area contributed by atoms with E-state index < -0.39 is 0 Å². The van der Waals surface area contributed by atoms with Gasteiger partial charge in [0.1, 0.15) is 11.5 Å². The zero-order valence-electron chi connectivity index (χ0n) is 15.5. The molecule has 2 aromatic carbocycles. The van der Waals surface area contributed by atoms with Gasteiger partial charge in [-0.15, -0.1) is 0 Å². The van der Waals surface area contributed by atoms with Gasteiger partial charge in [0, 0.05) is 22.3 Å². The number of amides is 1. The molecule has 1 amide bonds. The molecule has 0 radical (unpaired) electrons. The summed E-state index contributed by atoms with van der Waals surface area (Å²) in [5.41, 5.74) is 3.99. The molecule has 4 nitrogen and oxygen atoms in total. The van der Waals surface area contributed by atoms with Crippen molar-refractivity contribution >= 4 is 46.6 Å². The van der Waals surface area contributed by atoms with Crippen LogP contribution >= 0.6 is 23.8 Å². The lowest BCUT2D eigenvalue weighted by Gasteiger charge is -2.11. The number of benzene rings is 2. The SMILES string of the molecule is Cc1ccc(NC(=S)NC(=O)/C=C/c2ccc(-c3ccc(Cl)cc3)o2)c(C)c1. The summed E-state index contributed by atoms with van der Waals surface area (Å²) in [6.07, 6.45) is 2.97. The van der Waals surface area contributed by atoms with E-state index in [4.69, 9.17) is 28.2 Å². The summed E-state index contributed by atoms with van der Waals surface area (Å²) in [5, 5.41) is 6.55. The molecule has 2 N–H and O–H groups in total. The van der Waals surface area contributed by atoms with Gasteiger partial charge in [0.2, 0.25) is 5.91 Å². The van der Waals surface area contributed by atoms with Crippen molar-refractivity contribution in [1.29, 1.82) is 0 Å². The minimum Gasteiger partial charge on any atom is -0.457 e. The van der Waals surface area contributed by atoms with Crippen LogP contribution in [0.4, 0.5) is 5.69 Å². The third kappa shape index (κ3) is 5.31. The highest BCUT2D eigenvalue weighted by Gasteiger charge is 2.06. The number of furan rings is 1. The Bertz CT molecular complexity index is 1040. The van der Waals surface area contributed by atoms with E-state index in [1.807, 2.05) is 50.2 Å². The topological polar surface area (TPSA) is 54.3 Å². The van der Waals surface area contributed by atoms with Crippen molar-refractivity contribution in [2.75, 3.05) is 5.32 Å². The number of nitrogens with one attached hydrogen (secondary N) is 2. The van der Waals surface area contributed by atoms with Crippen LogP contribution in [0.1, 0.15) is 16.9 Å². The monoisotopic (exact) mass is 410 g/mol. The van der Waals surface area contributed by atoms with E-state index in [9.17, 15) is 4.79 Å². The maximum Gasteiger partial charge on any atom is 0.250 e. The van der Waals surface area contributed by atoms with Crippen molar-refractivity contribution in [2.45, 2.75) is 13.8 Å². The van der Waals surface area contributed by atoms with Crippen LogP contribution in [0.15, 0.2) is 65.1 Å². The molecule has 1 heterocycles. The predicted molar refractivity (Wildman–Crippen MR) is 118 cm³/mol. The molecule has 142 valence electrons. The summed E-state index contributed by atoms with van der Waals surface area (Å²) < 4.78 is 5.73. The smallest absolute Gasteiger partial charge is 0.250 e. The quantitative estimate of drug-likeness (QED) is 0.425. The van der Waals surface area contributed by atoms with Crippen LogP contribution < -0.4 is 10.6 Å². The lowest BCUT2D eigenvalue weighted by atomic mass is 10.1. The molecule has 0 aliphatic carbocycles. The molecule has 0 aliphatic rings. The largest absolute Gasteiger partial charge is 0.457 e. The van der Waals surface area contributed by atoms with Crippen molar-refractivity contribution in [1.82, 2.24) is 5.32 Å². The summed E-state index contributed by atoms with van der Waals surface area (Å²) in [6.45, 7) is 4.00. The molecule has 0 atom stereocenters. The molecule has 6 heteroatoms. The number of carbonyl (C=O) groups is 1. The van der Waals surface area contributed by atoms with E-state index in [1.54, 1.807) is 24.3 Å². The normalized spacial score (nSPS) is 10.8. The van der Waals surface area contributed by atoms with Gasteiger partial charge in [0.15, 0.2) is 5.11 Å². The minimum absolute atomic E-state index is 0.239. The van der Waals surface area contributed by atoms with E-state index in [2.05, 4.69) is 10.6 Å². The molecule has 0 fully saturated rings. The summed E-state index contributed by atoms with van der Waals surface area (Å²) >= 11 is 11.1. The van der Waals surface area contributed by atoms with Gasteiger partial charge in [-0.3, -0.25) is 10.1 Å². The maximum absolute atomic E-state index is 12.1. The van der Waals surface area contributed by atoms with E-state index in [0.717, 1.165) is 22.4 Å². The average Bonchev–Trinajstić information content (AvgIpc) is 3.12. The molecule has 3 aromatic rings. The standard InChI is InChI=1S/C22H19ClN2O2S/c1-14-3-10-19(15(2)13-14)24-22(28)25-21(26)12-9-18-8-11-20(27-18)16-4-6-17(23)7-5-16/h3-13H,1-2H3,(H2,24,25,26,28)/b12-9+. The average molecular weight is 411 g/mol. The molecule has 1 aromatic heterocycles. The van der Waals surface area contributed by atoms with Gasteiger partial charge in [-0.1, -0.05) is 29.3 Å². The molecule has 3 rings (SSSR count). The van der Waals surface area contributed by atoms with Crippen LogP contribution in [0.5, 0.6) is 0 Å². The molecule has 0 aliphatic heterocycles. The second kappa shape index (κ2) is 8.87. The first-order valence-electron chi connectivity index (χ1n) is 8.64. The van der Waals surface area contributed by atoms with E-state index in [0.29, 0.717) is 16.5 Å². The van der Waals surface area contributed by atoms with E-state index >= 15 is 0 Å². The Kier molecular flexibility index (Phi) is 6.29. The number of hydrogen-bond donors (Lipinski definition) is 2. The van der Waals surface area contributed by atoms with E-state index in [-0.39, 0.29) is 11.0 Å². The molecular formula is C22H19ClN2O2S. The maximum atomic E-state index is 12.1. The van der Waals surface area contributed by atoms with Crippen LogP contribution in [-0.2, 0) is 4.79 Å². The first kappa shape index (κ1) is 19.9. The first-order chi connectivity index (χ1) is 13.4. The lowest BCUT2D eigenvalue weighted by Crippen LogP contribution is -2.33. The summed E-state index contributed by atoms with van der Waals surface area (Å²) in [7, 11) is 0. The third-order valence-corrected chi connectivity index (χ3v) is 4.48. The van der Waals surface area contributed by atoms with Gasteiger partial charge in [-0.05, 0) is 80.2 Å². The summed E-state index contributed by atoms with van der Waals surface area (Å²) in [4.78, 5) is 12.1. The molecule has 0 saturated carbocycles. The van der Waals surface area contributed by atoms with Gasteiger partial charge < -0.3 is 9.73 Å². The number of carbonyl (C=O) groups excluding carboxylic acids is 1. The third-order valence-electron chi connectivity index (χ3n) is 4.02. The van der Waals surface area contributed by atoms with Crippen LogP contribution in [0.25, 0.3) is 17.4 Å². The summed E-state index contributed by atoms with van der Waals surface area (Å²) in [6, 6.07) is 16.9. The number of halogens is 1. The van der Waals surface area contributed by atoms with Gasteiger partial charge >= 0.3 is 0 Å². The molecule has 0 saturated heterocycles. The van der Waals surface area contributed by atoms with Gasteiger partial charge in [-0.25, -0.2) is 0 Å². The number of anilines is 1. The minimum atomic E-state index is -0.341. The van der Waals surface area contributed by atoms with Crippen molar-refractivity contribution in [3.63, 3.8) is 0 Å². The molecule has 28 heavy (non-hydrogen) atoms. The Morgan fingerprint density at radius 2 is 1.82 bits per heavy atom. The Labute approximate surface area is 174 Å². The van der Waals surface area contributed by atoms with Crippen LogP contribution in [0, 0.1) is 13.8 Å². The highest BCUT2D eigenvalue weighted by molar-refractivity contribution is 7.80. The van der Waals surface area contributed by atoms with Crippen molar-refractivity contribution in [3.8, 4) is 11.3 Å². The molecule has 0 spiro atoms. The second-order valence-corrected chi connectivity index (χ2v) is 7.15. The van der Waals surface area contributed by atoms with Gasteiger partial charge in [0.05, 0.1) is 0 Å². The number of aryl methyl sites for hydroxylation is 2. The van der Waals surface area contributed by atoms with Crippen molar-refractivity contribution in [2.24, 2.45) is 0 Å². The Morgan fingerprint density at radius 3 is 2.54 bits per heavy atom. The van der Waals surface area contributed by atoms with Gasteiger partial charge in [0.25, 0.3) is 0 Å². The Morgan fingerprint density at radius 1 is 1.07 bits per heavy atom. The molecular weight excluding hydrogens is 392 g/mol.